The summed E-state index contributed by atoms with van der Waals surface area (Å²) in [6.07, 6.45) is 1.47. The summed E-state index contributed by atoms with van der Waals surface area (Å²) in [6, 6.07) is 0. The predicted octanol–water partition coefficient (Wildman–Crippen LogP) is 18.9. The molecule has 0 aromatic heterocycles. The number of hydrogen-bond acceptors (Lipinski definition) is 12. The molecular formula is C43H70Cl8N6O6P4. The van der Waals surface area contributed by atoms with Crippen LogP contribution in [0.15, 0.2) is 0 Å². The van der Waals surface area contributed by atoms with Gasteiger partial charge in [-0.3, -0.25) is 0 Å². The summed E-state index contributed by atoms with van der Waals surface area (Å²) in [5, 5.41) is 8.56. The standard InChI is InChI=1S/C43H70Cl8N6O6P4/c1-21-43(22-2,23-58-64-54(39(9,10)11)66(52-37(3,4)5,55(64)40(12,13)14)60-33-29(48)25(44)26(45)30(49)34(33)61-66)24-59-65-56(41(15,16)17)67(53-38(6,7)8,57(65)42(18,19)20)62-35-31(50)27(46)28(47)32(51)36(35)63-67/h52-53H,21-24H2,1-20H3. The van der Waals surface area contributed by atoms with Gasteiger partial charge < -0.3 is 0 Å². The summed E-state index contributed by atoms with van der Waals surface area (Å²) in [7, 11) is -12.2. The number of hydrogen-bond donors (Lipinski definition) is 2. The third-order valence-corrected chi connectivity index (χ3v) is 34.1. The molecule has 6 rings (SSSR count). The maximum absolute atomic E-state index is 7.40. The Morgan fingerprint density at radius 3 is 0.776 bits per heavy atom. The van der Waals surface area contributed by atoms with Crippen molar-refractivity contribution in [3.05, 3.63) is 40.2 Å². The normalized spacial score (nSPS) is 24.3. The molecular weight excluding hydrogens is 1100 g/mol. The van der Waals surface area contributed by atoms with E-state index in [4.69, 9.17) is 120 Å². The van der Waals surface area contributed by atoms with Crippen LogP contribution in [0.5, 0.6) is 23.0 Å². The molecule has 4 aliphatic rings. The summed E-state index contributed by atoms with van der Waals surface area (Å²) >= 11 is 54.5. The molecule has 2 spiro atoms. The van der Waals surface area contributed by atoms with Gasteiger partial charge in [-0.15, -0.1) is 0 Å². The van der Waals surface area contributed by atoms with Crippen LogP contribution in [0.3, 0.4) is 0 Å². The van der Waals surface area contributed by atoms with Crippen LogP contribution in [0.1, 0.15) is 151 Å². The Labute approximate surface area is 442 Å². The molecule has 0 amide bonds. The molecule has 384 valence electrons. The minimum absolute atomic E-state index is 0.0815. The van der Waals surface area contributed by atoms with Gasteiger partial charge in [-0.2, -0.15) is 0 Å². The van der Waals surface area contributed by atoms with Crippen molar-refractivity contribution in [2.24, 2.45) is 5.41 Å². The average Bonchev–Trinajstić information content (AvgIpc) is 3.67. The number of rotatable bonds is 10. The van der Waals surface area contributed by atoms with Crippen LogP contribution in [-0.2, 0) is 9.05 Å². The van der Waals surface area contributed by atoms with Gasteiger partial charge in [-0.05, 0) is 0 Å². The Kier molecular flexibility index (Phi) is 15.2. The van der Waals surface area contributed by atoms with Gasteiger partial charge in [-0.1, -0.05) is 0 Å². The summed E-state index contributed by atoms with van der Waals surface area (Å²) < 4.78 is 53.0. The molecule has 67 heavy (non-hydrogen) atoms. The summed E-state index contributed by atoms with van der Waals surface area (Å²) in [5.41, 5.74) is -3.99. The van der Waals surface area contributed by atoms with Crippen LogP contribution in [0.25, 0.3) is 0 Å². The van der Waals surface area contributed by atoms with Gasteiger partial charge >= 0.3 is 446 Å². The topological polar surface area (TPSA) is 92.4 Å². The zero-order chi connectivity index (χ0) is 51.3. The van der Waals surface area contributed by atoms with Crippen molar-refractivity contribution in [1.82, 2.24) is 27.9 Å². The fraction of sp³-hybridized carbons (Fsp3) is 0.721. The Morgan fingerprint density at radius 2 is 0.612 bits per heavy atom. The molecule has 24 heteroatoms. The Bertz CT molecular complexity index is 2050. The van der Waals surface area contributed by atoms with E-state index in [1.54, 1.807) is 0 Å². The number of benzene rings is 2. The zero-order valence-corrected chi connectivity index (χ0v) is 52.0. The third-order valence-electron chi connectivity index (χ3n) is 11.3. The fourth-order valence-corrected chi connectivity index (χ4v) is 32.1. The summed E-state index contributed by atoms with van der Waals surface area (Å²) in [6.45, 7) is 42.9. The monoisotopic (exact) mass is 1170 g/mol. The van der Waals surface area contributed by atoms with E-state index >= 15 is 0 Å². The van der Waals surface area contributed by atoms with Crippen LogP contribution in [0.2, 0.25) is 40.2 Å². The molecule has 0 unspecified atom stereocenters. The van der Waals surface area contributed by atoms with Crippen molar-refractivity contribution in [2.45, 2.75) is 185 Å². The summed E-state index contributed by atoms with van der Waals surface area (Å²) in [4.78, 5) is 0. The number of halogens is 8. The van der Waals surface area contributed by atoms with E-state index in [9.17, 15) is 0 Å². The molecule has 2 N–H and O–H groups in total. The van der Waals surface area contributed by atoms with E-state index < -0.39 is 70.6 Å². The number of nitrogens with zero attached hydrogens (tertiary/aromatic N) is 4. The Balaban J connectivity index is 1.43. The van der Waals surface area contributed by atoms with E-state index in [0.29, 0.717) is 13.2 Å². The van der Waals surface area contributed by atoms with E-state index in [1.807, 2.05) is 0 Å². The molecule has 2 aromatic carbocycles. The van der Waals surface area contributed by atoms with Crippen LogP contribution in [0, 0.1) is 5.41 Å². The summed E-state index contributed by atoms with van der Waals surface area (Å²) in [5.74, 6) is 0.896. The van der Waals surface area contributed by atoms with Gasteiger partial charge in [0.25, 0.3) is 0 Å². The maximum atomic E-state index is 7.40. The fourth-order valence-electron chi connectivity index (χ4n) is 9.19. The first kappa shape index (κ1) is 57.6. The van der Waals surface area contributed by atoms with E-state index in [-0.39, 0.29) is 63.2 Å². The second kappa shape index (κ2) is 17.7. The third kappa shape index (κ3) is 9.15. The molecule has 0 saturated carbocycles. The second-order valence-electron chi connectivity index (χ2n) is 23.8. The molecule has 0 radical (unpaired) electrons. The van der Waals surface area contributed by atoms with Crippen molar-refractivity contribution in [1.29, 1.82) is 0 Å². The SMILES string of the molecule is CCC(CC)(COP1N(C(C)(C)C)P2(NC(C)(C)C)(Oc3c(Cl)c(Cl)c(Cl)c(Cl)c3O2)N1C(C)(C)C)COP1N(C(C)(C)C)P2(NC(C)(C)C)(Oc3c(Cl)c(Cl)c(Cl)c(Cl)c3O2)N1C(C)(C)C. The molecule has 4 heterocycles. The van der Waals surface area contributed by atoms with Gasteiger partial charge in [0.15, 0.2) is 0 Å². The van der Waals surface area contributed by atoms with Crippen molar-refractivity contribution >= 4 is 125 Å². The molecule has 2 fully saturated rings. The zero-order valence-electron chi connectivity index (χ0n) is 42.4. The molecule has 4 aliphatic heterocycles. The Hall–Kier alpha value is 1.36. The van der Waals surface area contributed by atoms with Crippen LogP contribution in [-0.4, -0.2) is 64.2 Å². The van der Waals surface area contributed by atoms with Crippen molar-refractivity contribution in [2.75, 3.05) is 13.2 Å². The first-order chi connectivity index (χ1) is 30.0. The van der Waals surface area contributed by atoms with Gasteiger partial charge in [0.1, 0.15) is 0 Å². The van der Waals surface area contributed by atoms with Gasteiger partial charge in [-0.25, -0.2) is 0 Å². The number of nitrogens with one attached hydrogen (secondary N) is 2. The first-order valence-electron chi connectivity index (χ1n) is 22.3. The molecule has 2 saturated heterocycles. The average molecular weight is 1170 g/mol. The van der Waals surface area contributed by atoms with Crippen LogP contribution in [0.4, 0.5) is 0 Å². The molecule has 0 bridgehead atoms. The second-order valence-corrected chi connectivity index (χ2v) is 37.4. The van der Waals surface area contributed by atoms with Crippen molar-refractivity contribution < 1.29 is 27.1 Å². The van der Waals surface area contributed by atoms with Crippen molar-refractivity contribution in [3.63, 3.8) is 0 Å². The minimum atomic E-state index is -4.48. The Morgan fingerprint density at radius 1 is 0.403 bits per heavy atom. The molecule has 2 aromatic rings. The van der Waals surface area contributed by atoms with Crippen LogP contribution < -0.4 is 28.3 Å². The first-order valence-corrected chi connectivity index (χ1v) is 31.6. The van der Waals surface area contributed by atoms with Crippen LogP contribution >= 0.6 is 125 Å². The molecule has 0 atom stereocenters. The van der Waals surface area contributed by atoms with Gasteiger partial charge in [0.05, 0.1) is 0 Å². The predicted molar refractivity (Wildman–Crippen MR) is 290 cm³/mol. The van der Waals surface area contributed by atoms with E-state index in [1.165, 1.54) is 0 Å². The molecule has 12 nitrogen and oxygen atoms in total. The quantitative estimate of drug-likeness (QED) is 0.135. The molecule has 0 aliphatic carbocycles. The van der Waals surface area contributed by atoms with Gasteiger partial charge in [0.2, 0.25) is 0 Å². The van der Waals surface area contributed by atoms with E-state index in [0.717, 1.165) is 12.8 Å². The van der Waals surface area contributed by atoms with E-state index in [2.05, 4.69) is 166 Å². The van der Waals surface area contributed by atoms with Crippen molar-refractivity contribution in [3.8, 4) is 23.0 Å². The van der Waals surface area contributed by atoms with Gasteiger partial charge in [0, 0.05) is 0 Å². The number of fused-ring (bicyclic) bond motifs is 2.